The SMILES string of the molecule is COc1cc(C(=O)N2CC3(CCCN(C(=O)OC(C)(C)C)C3)C2)c(Cl)cc1Nc1nccc(-c2cc(C#N)c3c(c2)C(C)(C)CN3C(=O)OC(C)(C)C)n1. The van der Waals surface area contributed by atoms with Crippen LogP contribution in [-0.4, -0.2) is 88.9 Å². The Morgan fingerprint density at radius 3 is 2.26 bits per heavy atom. The maximum Gasteiger partial charge on any atom is 0.414 e. The van der Waals surface area contributed by atoms with E-state index in [9.17, 15) is 19.6 Å². The highest BCUT2D eigenvalue weighted by Gasteiger charge is 2.49. The van der Waals surface area contributed by atoms with Crippen molar-refractivity contribution in [1.29, 1.82) is 5.26 Å². The molecule has 2 saturated heterocycles. The third kappa shape index (κ3) is 7.89. The van der Waals surface area contributed by atoms with E-state index in [2.05, 4.69) is 16.4 Å². The number of carbonyl (C=O) groups excluding carboxylic acids is 3. The van der Waals surface area contributed by atoms with Crippen molar-refractivity contribution in [3.63, 3.8) is 0 Å². The molecule has 13 nitrogen and oxygen atoms in total. The minimum Gasteiger partial charge on any atom is -0.495 e. The average Bonchev–Trinajstić information content (AvgIpc) is 3.35. The van der Waals surface area contributed by atoms with Crippen molar-refractivity contribution in [1.82, 2.24) is 19.8 Å². The number of likely N-dealkylation sites (tertiary alicyclic amines) is 2. The van der Waals surface area contributed by atoms with Crippen LogP contribution in [0, 0.1) is 16.7 Å². The molecule has 2 fully saturated rings. The zero-order chi connectivity index (χ0) is 39.4. The van der Waals surface area contributed by atoms with Crippen molar-refractivity contribution < 1.29 is 28.6 Å². The van der Waals surface area contributed by atoms with Gasteiger partial charge in [0, 0.05) is 55.3 Å². The van der Waals surface area contributed by atoms with Crippen molar-refractivity contribution in [3.05, 3.63) is 58.2 Å². The number of piperidine rings is 1. The minimum atomic E-state index is -0.689. The van der Waals surface area contributed by atoms with Gasteiger partial charge in [0.1, 0.15) is 23.0 Å². The molecule has 0 unspecified atom stereocenters. The summed E-state index contributed by atoms with van der Waals surface area (Å²) < 4.78 is 16.9. The Labute approximate surface area is 321 Å². The molecule has 14 heteroatoms. The number of nitriles is 1. The van der Waals surface area contributed by atoms with Gasteiger partial charge in [-0.1, -0.05) is 25.4 Å². The van der Waals surface area contributed by atoms with Gasteiger partial charge < -0.3 is 29.3 Å². The van der Waals surface area contributed by atoms with Gasteiger partial charge in [-0.3, -0.25) is 9.69 Å². The number of ether oxygens (including phenoxy) is 3. The molecule has 6 rings (SSSR count). The van der Waals surface area contributed by atoms with Crippen LogP contribution in [0.15, 0.2) is 36.5 Å². The Morgan fingerprint density at radius 1 is 0.944 bits per heavy atom. The predicted octanol–water partition coefficient (Wildman–Crippen LogP) is 7.93. The van der Waals surface area contributed by atoms with E-state index < -0.39 is 22.7 Å². The summed E-state index contributed by atoms with van der Waals surface area (Å²) in [4.78, 5) is 53.8. The largest absolute Gasteiger partial charge is 0.495 e. The van der Waals surface area contributed by atoms with Crippen molar-refractivity contribution >= 4 is 47.0 Å². The van der Waals surface area contributed by atoms with E-state index in [4.69, 9.17) is 30.8 Å². The molecule has 0 aliphatic carbocycles. The molecule has 3 amide bonds. The third-order valence-electron chi connectivity index (χ3n) is 9.77. The molecule has 3 aliphatic rings. The van der Waals surface area contributed by atoms with E-state index in [1.165, 1.54) is 12.0 Å². The lowest BCUT2D eigenvalue weighted by Crippen LogP contribution is -2.65. The fraction of sp³-hybridized carbons (Fsp3) is 0.500. The number of rotatable bonds is 5. The van der Waals surface area contributed by atoms with Crippen LogP contribution in [0.2, 0.25) is 5.02 Å². The van der Waals surface area contributed by atoms with Gasteiger partial charge in [-0.05, 0) is 90.3 Å². The van der Waals surface area contributed by atoms with Crippen LogP contribution in [0.4, 0.5) is 26.9 Å². The maximum absolute atomic E-state index is 13.7. The summed E-state index contributed by atoms with van der Waals surface area (Å²) in [5.74, 6) is 0.390. The number of aromatic nitrogens is 2. The Morgan fingerprint density at radius 2 is 1.61 bits per heavy atom. The van der Waals surface area contributed by atoms with E-state index in [1.807, 2.05) is 61.5 Å². The second-order valence-electron chi connectivity index (χ2n) is 17.1. The van der Waals surface area contributed by atoms with Crippen LogP contribution in [0.3, 0.4) is 0 Å². The Balaban J connectivity index is 1.19. The molecular formula is C40H48ClN7O6. The molecule has 0 bridgehead atoms. The summed E-state index contributed by atoms with van der Waals surface area (Å²) in [5.41, 5.74) is 1.79. The number of benzene rings is 2. The van der Waals surface area contributed by atoms with Crippen molar-refractivity contribution in [3.8, 4) is 23.1 Å². The number of nitrogens with zero attached hydrogens (tertiary/aromatic N) is 6. The van der Waals surface area contributed by atoms with Crippen molar-refractivity contribution in [2.24, 2.45) is 5.41 Å². The summed E-state index contributed by atoms with van der Waals surface area (Å²) >= 11 is 6.74. The first-order valence-corrected chi connectivity index (χ1v) is 18.4. The summed E-state index contributed by atoms with van der Waals surface area (Å²) in [5, 5.41) is 13.6. The van der Waals surface area contributed by atoms with Gasteiger partial charge in [0.15, 0.2) is 0 Å². The molecular weight excluding hydrogens is 710 g/mol. The Kier molecular flexibility index (Phi) is 9.98. The molecule has 54 heavy (non-hydrogen) atoms. The van der Waals surface area contributed by atoms with Gasteiger partial charge in [-0.15, -0.1) is 0 Å². The van der Waals surface area contributed by atoms with E-state index >= 15 is 0 Å². The number of carbonyl (C=O) groups is 3. The van der Waals surface area contributed by atoms with Gasteiger partial charge in [-0.2, -0.15) is 5.26 Å². The van der Waals surface area contributed by atoms with Crippen LogP contribution in [-0.2, 0) is 14.9 Å². The topological polar surface area (TPSA) is 150 Å². The number of hydrogen-bond acceptors (Lipinski definition) is 10. The van der Waals surface area contributed by atoms with E-state index in [0.717, 1.165) is 18.4 Å². The number of anilines is 3. The molecule has 3 aliphatic heterocycles. The lowest BCUT2D eigenvalue weighted by atomic mass is 9.73. The Hall–Kier alpha value is -5.09. The second kappa shape index (κ2) is 14.0. The van der Waals surface area contributed by atoms with E-state index in [1.54, 1.807) is 40.3 Å². The van der Waals surface area contributed by atoms with E-state index in [-0.39, 0.29) is 28.4 Å². The highest BCUT2D eigenvalue weighted by atomic mass is 35.5. The van der Waals surface area contributed by atoms with Gasteiger partial charge in [-0.25, -0.2) is 19.6 Å². The second-order valence-corrected chi connectivity index (χ2v) is 17.5. The summed E-state index contributed by atoms with van der Waals surface area (Å²) in [7, 11) is 1.50. The highest BCUT2D eigenvalue weighted by molar-refractivity contribution is 6.34. The standard InChI is InChI=1S/C40H48ClN7O6/c1-37(2,3)53-35(50)46-14-10-12-40(21-46)22-47(23-40)33(49)26-17-31(52-9)30(18-28(26)41)45-34-43-13-11-29(44-34)24-15-25(19-42)32-27(16-24)39(7,8)20-48(32)36(51)54-38(4,5)6/h11,13,15-18H,10,12,14,20-23H2,1-9H3,(H,43,44,45). The van der Waals surface area contributed by atoms with Gasteiger partial charge in [0.2, 0.25) is 5.95 Å². The maximum atomic E-state index is 13.7. The third-order valence-corrected chi connectivity index (χ3v) is 10.1. The number of nitrogens with one attached hydrogen (secondary N) is 1. The molecule has 1 aromatic heterocycles. The molecule has 1 spiro atoms. The van der Waals surface area contributed by atoms with Gasteiger partial charge in [0.05, 0.1) is 40.3 Å². The normalized spacial score (nSPS) is 17.3. The molecule has 0 atom stereocenters. The molecule has 1 N–H and O–H groups in total. The fourth-order valence-electron chi connectivity index (χ4n) is 7.42. The first-order valence-electron chi connectivity index (χ1n) is 18.1. The van der Waals surface area contributed by atoms with Crippen LogP contribution in [0.25, 0.3) is 11.3 Å². The number of hydrogen-bond donors (Lipinski definition) is 1. The quantitative estimate of drug-likeness (QED) is 0.272. The summed E-state index contributed by atoms with van der Waals surface area (Å²) in [6.45, 7) is 17.6. The van der Waals surface area contributed by atoms with E-state index in [0.29, 0.717) is 72.2 Å². The molecule has 3 aromatic rings. The number of fused-ring (bicyclic) bond motifs is 1. The van der Waals surface area contributed by atoms with Crippen molar-refractivity contribution in [2.75, 3.05) is 50.1 Å². The summed E-state index contributed by atoms with van der Waals surface area (Å²) in [6.07, 6.45) is 2.53. The molecule has 286 valence electrons. The highest BCUT2D eigenvalue weighted by Crippen LogP contribution is 2.46. The lowest BCUT2D eigenvalue weighted by Gasteiger charge is -2.54. The van der Waals surface area contributed by atoms with Gasteiger partial charge >= 0.3 is 12.2 Å². The lowest BCUT2D eigenvalue weighted by molar-refractivity contribution is -0.0473. The average molecular weight is 758 g/mol. The fourth-order valence-corrected chi connectivity index (χ4v) is 7.66. The number of halogens is 1. The van der Waals surface area contributed by atoms with Crippen LogP contribution < -0.4 is 15.0 Å². The monoisotopic (exact) mass is 757 g/mol. The molecule has 0 saturated carbocycles. The number of methoxy groups -OCH3 is 1. The first kappa shape index (κ1) is 38.6. The first-order chi connectivity index (χ1) is 25.2. The molecule has 2 aromatic carbocycles. The van der Waals surface area contributed by atoms with Gasteiger partial charge in [0.25, 0.3) is 5.91 Å². The predicted molar refractivity (Wildman–Crippen MR) is 205 cm³/mol. The Bertz CT molecular complexity index is 2040. The molecule has 4 heterocycles. The zero-order valence-corrected chi connectivity index (χ0v) is 33.2. The van der Waals surface area contributed by atoms with Crippen molar-refractivity contribution in [2.45, 2.75) is 84.8 Å². The van der Waals surface area contributed by atoms with Crippen LogP contribution in [0.1, 0.15) is 89.7 Å². The summed E-state index contributed by atoms with van der Waals surface area (Å²) in [6, 6.07) is 10.9. The molecule has 0 radical (unpaired) electrons. The zero-order valence-electron chi connectivity index (χ0n) is 32.4. The van der Waals surface area contributed by atoms with Crippen LogP contribution in [0.5, 0.6) is 5.75 Å². The van der Waals surface area contributed by atoms with Crippen LogP contribution >= 0.6 is 11.6 Å². The number of amides is 3. The smallest absolute Gasteiger partial charge is 0.414 e. The minimum absolute atomic E-state index is 0.175.